The van der Waals surface area contributed by atoms with Gasteiger partial charge in [0.25, 0.3) is 10.0 Å². The van der Waals surface area contributed by atoms with Gasteiger partial charge in [0.05, 0.1) is 4.90 Å². The van der Waals surface area contributed by atoms with E-state index >= 15 is 0 Å². The largest absolute Gasteiger partial charge is 0.475 e. The van der Waals surface area contributed by atoms with Crippen LogP contribution in [-0.4, -0.2) is 36.4 Å². The third kappa shape index (κ3) is 7.10. The number of carbonyl (C=O) groups excluding carboxylic acids is 1. The predicted octanol–water partition coefficient (Wildman–Crippen LogP) is 4.77. The zero-order valence-corrected chi connectivity index (χ0v) is 23.1. The summed E-state index contributed by atoms with van der Waals surface area (Å²) in [5.41, 5.74) is 7.88. The normalized spacial score (nSPS) is 19.6. The summed E-state index contributed by atoms with van der Waals surface area (Å²) in [7, 11) is -4.36. The maximum Gasteiger partial charge on any atom is 0.266 e. The molecule has 4 N–H and O–H groups in total. The van der Waals surface area contributed by atoms with E-state index in [1.807, 2.05) is 51.1 Å². The molecule has 1 heterocycles. The highest BCUT2D eigenvalue weighted by molar-refractivity contribution is 7.89. The number of nitrogens with two attached hydrogens (primary N) is 1. The monoisotopic (exact) mass is 531 g/mol. The lowest BCUT2D eigenvalue weighted by molar-refractivity contribution is -0.129. The first kappa shape index (κ1) is 29.1. The Morgan fingerprint density at radius 2 is 1.86 bits per heavy atom. The van der Waals surface area contributed by atoms with Crippen molar-refractivity contribution in [3.8, 4) is 5.75 Å². The third-order valence-corrected chi connectivity index (χ3v) is 8.74. The Balaban J connectivity index is 1.90. The fourth-order valence-electron chi connectivity index (χ4n) is 4.69. The lowest BCUT2D eigenvalue weighted by atomic mass is 9.94. The Labute approximate surface area is 221 Å². The SMILES string of the molecule is CCCC[C@H]1c2cc(S(=O)(=O)N(O)[C@H](NC(=O)CC(C)CC)[C@H](C)Cc3ccccc3)ccc2OC1N. The minimum Gasteiger partial charge on any atom is -0.475 e. The standard InChI is InChI=1S/C28H41N3O5S/c1-5-7-13-23-24-18-22(14-15-25(24)36-27(23)29)37(34,35)31(33)28(30-26(32)16-19(3)6-2)20(4)17-21-11-9-8-10-12-21/h8-12,14-15,18-20,23,27-28,33H,5-7,13,16-17,29H2,1-4H3,(H,30,32)/t19?,20-,23+,27?,28+/m1/s1. The molecule has 0 saturated heterocycles. The van der Waals surface area contributed by atoms with Crippen molar-refractivity contribution >= 4 is 15.9 Å². The average Bonchev–Trinajstić information content (AvgIpc) is 3.19. The van der Waals surface area contributed by atoms with E-state index in [1.165, 1.54) is 6.07 Å². The van der Waals surface area contributed by atoms with Crippen LogP contribution in [0.2, 0.25) is 0 Å². The van der Waals surface area contributed by atoms with Gasteiger partial charge in [0.2, 0.25) is 5.91 Å². The molecule has 37 heavy (non-hydrogen) atoms. The van der Waals surface area contributed by atoms with Crippen LogP contribution in [0.1, 0.15) is 76.8 Å². The Morgan fingerprint density at radius 1 is 1.16 bits per heavy atom. The number of fused-ring (bicyclic) bond motifs is 1. The molecule has 2 unspecified atom stereocenters. The number of rotatable bonds is 13. The fraction of sp³-hybridized carbons (Fsp3) is 0.536. The topological polar surface area (TPSA) is 122 Å². The van der Waals surface area contributed by atoms with E-state index in [2.05, 4.69) is 12.2 Å². The van der Waals surface area contributed by atoms with E-state index in [0.717, 1.165) is 36.8 Å². The van der Waals surface area contributed by atoms with Crippen molar-refractivity contribution in [2.75, 3.05) is 0 Å². The maximum absolute atomic E-state index is 13.6. The highest BCUT2D eigenvalue weighted by atomic mass is 32.2. The molecule has 8 nitrogen and oxygen atoms in total. The van der Waals surface area contributed by atoms with Crippen molar-refractivity contribution in [3.63, 3.8) is 0 Å². The van der Waals surface area contributed by atoms with Gasteiger partial charge in [-0.2, -0.15) is 0 Å². The summed E-state index contributed by atoms with van der Waals surface area (Å²) in [6, 6.07) is 14.1. The minimum atomic E-state index is -4.36. The summed E-state index contributed by atoms with van der Waals surface area (Å²) in [6.07, 6.45) is 2.54. The molecule has 0 radical (unpaired) electrons. The van der Waals surface area contributed by atoms with Gasteiger partial charge in [-0.1, -0.05) is 81.8 Å². The molecule has 5 atom stereocenters. The van der Waals surface area contributed by atoms with Gasteiger partial charge < -0.3 is 10.1 Å². The molecule has 0 bridgehead atoms. The average molecular weight is 532 g/mol. The molecule has 3 rings (SSSR count). The van der Waals surface area contributed by atoms with Crippen LogP contribution in [0.25, 0.3) is 0 Å². The van der Waals surface area contributed by atoms with Crippen molar-refractivity contribution in [2.24, 2.45) is 17.6 Å². The molecule has 0 aliphatic carbocycles. The van der Waals surface area contributed by atoms with Crippen molar-refractivity contribution in [1.29, 1.82) is 0 Å². The number of hydrogen-bond donors (Lipinski definition) is 3. The van der Waals surface area contributed by atoms with Gasteiger partial charge in [-0.3, -0.25) is 15.7 Å². The van der Waals surface area contributed by atoms with Crippen LogP contribution in [0.4, 0.5) is 0 Å². The number of ether oxygens (including phenoxy) is 1. The zero-order valence-electron chi connectivity index (χ0n) is 22.3. The number of hydrogen-bond acceptors (Lipinski definition) is 6. The predicted molar refractivity (Wildman–Crippen MR) is 143 cm³/mol. The molecule has 0 fully saturated rings. The second-order valence-electron chi connectivity index (χ2n) is 10.2. The van der Waals surface area contributed by atoms with Crippen LogP contribution < -0.4 is 15.8 Å². The molecule has 0 saturated carbocycles. The Bertz CT molecular complexity index is 1140. The zero-order chi connectivity index (χ0) is 27.2. The first-order valence-electron chi connectivity index (χ1n) is 13.2. The highest BCUT2D eigenvalue weighted by Crippen LogP contribution is 2.41. The Kier molecular flexibility index (Phi) is 10.1. The van der Waals surface area contributed by atoms with Gasteiger partial charge in [0.1, 0.15) is 11.9 Å². The molecule has 204 valence electrons. The number of unbranched alkanes of at least 4 members (excludes halogenated alkanes) is 1. The summed E-state index contributed by atoms with van der Waals surface area (Å²) < 4.78 is 33.3. The van der Waals surface area contributed by atoms with Crippen LogP contribution in [0.15, 0.2) is 53.4 Å². The van der Waals surface area contributed by atoms with Gasteiger partial charge >= 0.3 is 0 Å². The third-order valence-electron chi connectivity index (χ3n) is 7.17. The number of sulfonamides is 1. The van der Waals surface area contributed by atoms with E-state index in [1.54, 1.807) is 12.1 Å². The number of hydroxylamine groups is 1. The van der Waals surface area contributed by atoms with Gasteiger partial charge in [-0.15, -0.1) is 0 Å². The van der Waals surface area contributed by atoms with E-state index in [0.29, 0.717) is 16.6 Å². The summed E-state index contributed by atoms with van der Waals surface area (Å²) in [6.45, 7) is 7.85. The van der Waals surface area contributed by atoms with Crippen molar-refractivity contribution < 1.29 is 23.2 Å². The molecule has 2 aromatic rings. The Hall–Kier alpha value is -2.46. The minimum absolute atomic E-state index is 0.0685. The van der Waals surface area contributed by atoms with Crippen LogP contribution in [0.3, 0.4) is 0 Å². The molecule has 1 aliphatic heterocycles. The van der Waals surface area contributed by atoms with Gasteiger partial charge in [-0.25, -0.2) is 8.42 Å². The van der Waals surface area contributed by atoms with Crippen LogP contribution >= 0.6 is 0 Å². The van der Waals surface area contributed by atoms with Gasteiger partial charge in [0, 0.05) is 17.9 Å². The van der Waals surface area contributed by atoms with E-state index < -0.39 is 28.3 Å². The number of nitrogens with zero attached hydrogens (tertiary/aromatic N) is 1. The summed E-state index contributed by atoms with van der Waals surface area (Å²) in [5.74, 6) is -0.143. The number of amides is 1. The highest BCUT2D eigenvalue weighted by Gasteiger charge is 2.38. The van der Waals surface area contributed by atoms with Gasteiger partial charge in [0.15, 0.2) is 6.23 Å². The molecule has 2 aromatic carbocycles. The lowest BCUT2D eigenvalue weighted by Gasteiger charge is -2.31. The quantitative estimate of drug-likeness (QED) is 0.253. The molecule has 0 spiro atoms. The Morgan fingerprint density at radius 3 is 2.51 bits per heavy atom. The van der Waals surface area contributed by atoms with E-state index in [9.17, 15) is 18.4 Å². The number of nitrogens with one attached hydrogen (secondary N) is 1. The summed E-state index contributed by atoms with van der Waals surface area (Å²) >= 11 is 0. The first-order chi connectivity index (χ1) is 17.6. The summed E-state index contributed by atoms with van der Waals surface area (Å²) in [4.78, 5) is 12.7. The fourth-order valence-corrected chi connectivity index (χ4v) is 5.98. The smallest absolute Gasteiger partial charge is 0.266 e. The molecule has 0 aromatic heterocycles. The molecule has 1 amide bonds. The molecule has 9 heteroatoms. The van der Waals surface area contributed by atoms with Crippen molar-refractivity contribution in [3.05, 3.63) is 59.7 Å². The molecular weight excluding hydrogens is 490 g/mol. The molecular formula is C28H41N3O5S. The lowest BCUT2D eigenvalue weighted by Crippen LogP contribution is -2.53. The second kappa shape index (κ2) is 12.9. The maximum atomic E-state index is 13.6. The number of benzene rings is 2. The molecule has 1 aliphatic rings. The van der Waals surface area contributed by atoms with Crippen molar-refractivity contribution in [1.82, 2.24) is 9.79 Å². The van der Waals surface area contributed by atoms with Crippen LogP contribution in [0, 0.1) is 11.8 Å². The van der Waals surface area contributed by atoms with E-state index in [4.69, 9.17) is 10.5 Å². The van der Waals surface area contributed by atoms with Crippen LogP contribution in [0.5, 0.6) is 5.75 Å². The van der Waals surface area contributed by atoms with Gasteiger partial charge in [-0.05, 0) is 48.4 Å². The number of carbonyl (C=O) groups is 1. The first-order valence-corrected chi connectivity index (χ1v) is 14.6. The van der Waals surface area contributed by atoms with Crippen molar-refractivity contribution in [2.45, 2.75) is 89.4 Å². The van der Waals surface area contributed by atoms with Crippen LogP contribution in [-0.2, 0) is 21.2 Å². The summed E-state index contributed by atoms with van der Waals surface area (Å²) in [5, 5.41) is 13.9. The second-order valence-corrected chi connectivity index (χ2v) is 12.0. The van der Waals surface area contributed by atoms with E-state index in [-0.39, 0.29) is 29.1 Å².